The number of nitrogens with zero attached hydrogens (tertiary/aromatic N) is 2. The van der Waals surface area contributed by atoms with Crippen LogP contribution in [-0.2, 0) is 32.0 Å². The number of Topliss-reactive ketones (excluding diaryl/α,β-unsaturated/α-hetero) is 1. The van der Waals surface area contributed by atoms with Gasteiger partial charge in [0.15, 0.2) is 0 Å². The Kier molecular flexibility index (Phi) is 19.3. The van der Waals surface area contributed by atoms with Crippen LogP contribution < -0.4 is 20.7 Å². The molecule has 8 rings (SSSR count). The summed E-state index contributed by atoms with van der Waals surface area (Å²) in [5.41, 5.74) is 2.31. The molecule has 0 N–H and O–H groups in total. The third kappa shape index (κ3) is 12.6. The van der Waals surface area contributed by atoms with Gasteiger partial charge in [0.2, 0.25) is 0 Å². The first-order valence-corrected chi connectivity index (χ1v) is 33.1. The Bertz CT molecular complexity index is 3080. The molecule has 1 aliphatic rings. The predicted molar refractivity (Wildman–Crippen MR) is 335 cm³/mol. The highest BCUT2D eigenvalue weighted by molar-refractivity contribution is 7.00. The largest absolute Gasteiger partial charge is 0.406 e. The minimum atomic E-state index is -2.95. The average molecular weight is 1120 g/mol. The molecule has 418 valence electrons. The molecule has 0 atom stereocenters. The molecular formula is C70H83ClN2O5Si2. The molecule has 7 aromatic carbocycles. The van der Waals surface area contributed by atoms with Crippen LogP contribution in [0.5, 0.6) is 0 Å². The van der Waals surface area contributed by atoms with Crippen molar-refractivity contribution in [3.05, 3.63) is 227 Å². The third-order valence-electron chi connectivity index (χ3n) is 17.1. The van der Waals surface area contributed by atoms with Crippen LogP contribution in [0.15, 0.2) is 194 Å². The number of halogens is 1. The molecule has 0 unspecified atom stereocenters. The van der Waals surface area contributed by atoms with E-state index in [0.717, 1.165) is 53.6 Å². The van der Waals surface area contributed by atoms with Gasteiger partial charge in [-0.05, 0) is 105 Å². The lowest BCUT2D eigenvalue weighted by atomic mass is 9.89. The SMILES string of the molecule is CCC1(N(CCO[Si](c2ccccc2)(c2ccccc2)C(C)(C)C)C(=O)c2ccccc2CCC(=O)Cc2ccc(Cl)cc2C(=O)N(CCO[Si](c2ccccc2)(c2ccccc2)C(C)(C)C)C(C)(C)c2ccccc2)CCCC1. The molecular weight excluding hydrogens is 1040 g/mol. The van der Waals surface area contributed by atoms with Crippen molar-refractivity contribution in [2.45, 2.75) is 135 Å². The van der Waals surface area contributed by atoms with Crippen LogP contribution in [0.1, 0.15) is 138 Å². The van der Waals surface area contributed by atoms with Crippen LogP contribution in [0.4, 0.5) is 0 Å². The van der Waals surface area contributed by atoms with Gasteiger partial charge in [-0.3, -0.25) is 14.4 Å². The fourth-order valence-electron chi connectivity index (χ4n) is 12.9. The first-order valence-electron chi connectivity index (χ1n) is 28.9. The fourth-order valence-corrected chi connectivity index (χ4v) is 22.1. The third-order valence-corrected chi connectivity index (χ3v) is 27.4. The van der Waals surface area contributed by atoms with E-state index in [1.54, 1.807) is 12.1 Å². The highest BCUT2D eigenvalue weighted by Gasteiger charge is 2.52. The van der Waals surface area contributed by atoms with Crippen molar-refractivity contribution in [1.82, 2.24) is 9.80 Å². The van der Waals surface area contributed by atoms with Gasteiger partial charge >= 0.3 is 0 Å². The average Bonchev–Trinajstić information content (AvgIpc) is 4.10. The summed E-state index contributed by atoms with van der Waals surface area (Å²) in [6, 6.07) is 65.5. The van der Waals surface area contributed by atoms with Crippen molar-refractivity contribution in [2.24, 2.45) is 0 Å². The Balaban J connectivity index is 1.04. The topological polar surface area (TPSA) is 76.2 Å². The van der Waals surface area contributed by atoms with Crippen molar-refractivity contribution in [2.75, 3.05) is 26.3 Å². The van der Waals surface area contributed by atoms with Crippen LogP contribution in [0, 0.1) is 0 Å². The van der Waals surface area contributed by atoms with Gasteiger partial charge in [0, 0.05) is 47.6 Å². The van der Waals surface area contributed by atoms with Crippen LogP contribution in [0.3, 0.4) is 0 Å². The van der Waals surface area contributed by atoms with E-state index in [0.29, 0.717) is 41.3 Å². The molecule has 0 bridgehead atoms. The van der Waals surface area contributed by atoms with E-state index in [4.69, 9.17) is 20.5 Å². The summed E-state index contributed by atoms with van der Waals surface area (Å²) in [5, 5.41) is 4.67. The molecule has 7 nitrogen and oxygen atoms in total. The van der Waals surface area contributed by atoms with Crippen molar-refractivity contribution in [1.29, 1.82) is 0 Å². The monoisotopic (exact) mass is 1120 g/mol. The number of benzene rings is 7. The van der Waals surface area contributed by atoms with Crippen LogP contribution in [-0.4, -0.2) is 75.9 Å². The van der Waals surface area contributed by atoms with Crippen molar-refractivity contribution in [3.63, 3.8) is 0 Å². The number of hydrogen-bond donors (Lipinski definition) is 0. The van der Waals surface area contributed by atoms with Gasteiger partial charge in [-0.15, -0.1) is 0 Å². The summed E-state index contributed by atoms with van der Waals surface area (Å²) in [6.45, 7) is 21.3. The molecule has 0 aromatic heterocycles. The number of amides is 2. The smallest absolute Gasteiger partial charge is 0.261 e. The maximum atomic E-state index is 15.5. The first-order chi connectivity index (χ1) is 38.3. The van der Waals surface area contributed by atoms with E-state index in [-0.39, 0.29) is 59.2 Å². The minimum Gasteiger partial charge on any atom is -0.406 e. The van der Waals surface area contributed by atoms with E-state index >= 15 is 9.59 Å². The summed E-state index contributed by atoms with van der Waals surface area (Å²) in [5.74, 6) is -0.292. The summed E-state index contributed by atoms with van der Waals surface area (Å²) >= 11 is 6.78. The quantitative estimate of drug-likeness (QED) is 0.0597. The zero-order chi connectivity index (χ0) is 57.2. The number of aryl methyl sites for hydroxylation is 1. The van der Waals surface area contributed by atoms with Crippen molar-refractivity contribution >= 4 is 66.6 Å². The summed E-state index contributed by atoms with van der Waals surface area (Å²) < 4.78 is 14.8. The van der Waals surface area contributed by atoms with Gasteiger partial charge < -0.3 is 18.7 Å². The number of ketones is 1. The van der Waals surface area contributed by atoms with E-state index in [9.17, 15) is 4.79 Å². The van der Waals surface area contributed by atoms with Crippen LogP contribution in [0.25, 0.3) is 0 Å². The Morgan fingerprint density at radius 3 is 1.43 bits per heavy atom. The van der Waals surface area contributed by atoms with E-state index in [1.807, 2.05) is 77.7 Å². The predicted octanol–water partition coefficient (Wildman–Crippen LogP) is 13.8. The van der Waals surface area contributed by atoms with Gasteiger partial charge in [-0.2, -0.15) is 0 Å². The number of carbonyl (C=O) groups is 3. The zero-order valence-corrected chi connectivity index (χ0v) is 51.5. The van der Waals surface area contributed by atoms with Gasteiger partial charge in [0.05, 0.1) is 18.8 Å². The van der Waals surface area contributed by atoms with E-state index in [1.165, 1.54) is 10.4 Å². The van der Waals surface area contributed by atoms with Gasteiger partial charge in [-0.1, -0.05) is 249 Å². The summed E-state index contributed by atoms with van der Waals surface area (Å²) in [7, 11) is -5.83. The molecule has 0 radical (unpaired) electrons. The molecule has 1 fully saturated rings. The molecule has 0 spiro atoms. The Labute approximate surface area is 485 Å². The Morgan fingerprint density at radius 1 is 0.525 bits per heavy atom. The summed E-state index contributed by atoms with van der Waals surface area (Å²) in [6.07, 6.45) is 5.42. The van der Waals surface area contributed by atoms with E-state index < -0.39 is 22.2 Å². The lowest BCUT2D eigenvalue weighted by Crippen LogP contribution is -2.67. The second-order valence-electron chi connectivity index (χ2n) is 24.3. The Hall–Kier alpha value is -6.21. The molecule has 1 saturated carbocycles. The first kappa shape index (κ1) is 59.9. The van der Waals surface area contributed by atoms with Crippen molar-refractivity contribution < 1.29 is 23.2 Å². The highest BCUT2D eigenvalue weighted by Crippen LogP contribution is 2.42. The van der Waals surface area contributed by atoms with Gasteiger partial charge in [0.25, 0.3) is 28.4 Å². The number of hydrogen-bond acceptors (Lipinski definition) is 5. The molecule has 1 aliphatic carbocycles. The highest BCUT2D eigenvalue weighted by atomic mass is 35.5. The number of rotatable bonds is 23. The fraction of sp³-hybridized carbons (Fsp3) is 0.357. The number of carbonyl (C=O) groups excluding carboxylic acids is 3. The molecule has 80 heavy (non-hydrogen) atoms. The molecule has 7 aromatic rings. The van der Waals surface area contributed by atoms with E-state index in [2.05, 4.69) is 176 Å². The molecule has 0 heterocycles. The zero-order valence-electron chi connectivity index (χ0n) is 48.8. The molecule has 2 amide bonds. The lowest BCUT2D eigenvalue weighted by Gasteiger charge is -2.45. The lowest BCUT2D eigenvalue weighted by molar-refractivity contribution is -0.118. The standard InChI is InChI=1S/C70H83ClN2O5Si2/c1-10-70(46-28-29-47-70)73(49-51-78-80(68(5,6)7,61-37-22-14-23-38-61)62-39-24-15-25-40-62)65(75)63-41-27-26-30-54(63)43-45-58(74)52-55-42-44-57(71)53-64(55)66(76)72(69(8,9)56-31-16-11-17-32-56)48-50-77-79(67(2,3)4,59-33-18-12-19-34-59)60-35-20-13-21-36-60/h11-27,30-42,44,53H,10,28-29,43,45-52H2,1-9H3. The van der Waals surface area contributed by atoms with Crippen molar-refractivity contribution in [3.8, 4) is 0 Å². The normalized spacial score (nSPS) is 13.9. The van der Waals surface area contributed by atoms with Gasteiger partial charge in [0.1, 0.15) is 5.78 Å². The van der Waals surface area contributed by atoms with Crippen LogP contribution >= 0.6 is 11.6 Å². The molecule has 10 heteroatoms. The minimum absolute atomic E-state index is 0.0199. The second-order valence-corrected chi connectivity index (χ2v) is 33.4. The second kappa shape index (κ2) is 25.7. The summed E-state index contributed by atoms with van der Waals surface area (Å²) in [4.78, 5) is 49.4. The molecule has 0 aliphatic heterocycles. The molecule has 0 saturated heterocycles. The Morgan fingerprint density at radius 2 is 0.963 bits per heavy atom. The van der Waals surface area contributed by atoms with Crippen LogP contribution in [0.2, 0.25) is 15.1 Å². The maximum absolute atomic E-state index is 15.5. The van der Waals surface area contributed by atoms with Gasteiger partial charge in [-0.25, -0.2) is 0 Å². The maximum Gasteiger partial charge on any atom is 0.261 e.